The summed E-state index contributed by atoms with van der Waals surface area (Å²) in [5.41, 5.74) is 1.17. The lowest BCUT2D eigenvalue weighted by Crippen LogP contribution is -2.55. The van der Waals surface area contributed by atoms with Gasteiger partial charge in [0.1, 0.15) is 0 Å². The molecule has 1 aromatic rings. The minimum Gasteiger partial charge on any atom is -0.312 e. The zero-order valence-corrected chi connectivity index (χ0v) is 14.0. The number of nitrogens with one attached hydrogen (secondary N) is 1. The maximum absolute atomic E-state index is 4.48. The van der Waals surface area contributed by atoms with E-state index in [1.807, 2.05) is 12.3 Å². The summed E-state index contributed by atoms with van der Waals surface area (Å²) < 4.78 is 0. The van der Waals surface area contributed by atoms with Gasteiger partial charge < -0.3 is 5.32 Å². The summed E-state index contributed by atoms with van der Waals surface area (Å²) in [6, 6.07) is 7.41. The van der Waals surface area contributed by atoms with Crippen LogP contribution in [-0.2, 0) is 6.54 Å². The summed E-state index contributed by atoms with van der Waals surface area (Å²) in [6.45, 7) is 9.11. The van der Waals surface area contributed by atoms with Crippen molar-refractivity contribution in [1.82, 2.24) is 15.2 Å². The highest BCUT2D eigenvalue weighted by molar-refractivity contribution is 5.04. The average Bonchev–Trinajstić information content (AvgIpc) is 2.45. The summed E-state index contributed by atoms with van der Waals surface area (Å²) in [4.78, 5) is 6.98. The van der Waals surface area contributed by atoms with Crippen LogP contribution in [0.25, 0.3) is 0 Å². The van der Waals surface area contributed by atoms with Gasteiger partial charge in [-0.3, -0.25) is 9.88 Å². The number of pyridine rings is 1. The van der Waals surface area contributed by atoms with Gasteiger partial charge in [0.15, 0.2) is 0 Å². The van der Waals surface area contributed by atoms with Gasteiger partial charge in [-0.15, -0.1) is 0 Å². The van der Waals surface area contributed by atoms with Crippen LogP contribution in [0.4, 0.5) is 0 Å². The predicted molar refractivity (Wildman–Crippen MR) is 89.1 cm³/mol. The molecule has 4 atom stereocenters. The van der Waals surface area contributed by atoms with E-state index in [9.17, 15) is 0 Å². The second kappa shape index (κ2) is 7.90. The van der Waals surface area contributed by atoms with Crippen molar-refractivity contribution in [3.63, 3.8) is 0 Å². The molecule has 0 radical (unpaired) electrons. The first-order chi connectivity index (χ1) is 10.1. The van der Waals surface area contributed by atoms with Crippen molar-refractivity contribution in [1.29, 1.82) is 0 Å². The lowest BCUT2D eigenvalue weighted by atomic mass is 9.76. The molecule has 21 heavy (non-hydrogen) atoms. The molecular formula is C18H31N3. The van der Waals surface area contributed by atoms with Crippen LogP contribution in [0.2, 0.25) is 0 Å². The fourth-order valence-corrected chi connectivity index (χ4v) is 3.97. The Labute approximate surface area is 130 Å². The van der Waals surface area contributed by atoms with E-state index in [0.29, 0.717) is 12.1 Å². The fraction of sp³-hybridized carbons (Fsp3) is 0.722. The fourth-order valence-electron chi connectivity index (χ4n) is 3.97. The zero-order valence-electron chi connectivity index (χ0n) is 14.0. The number of hydrogen-bond acceptors (Lipinski definition) is 3. The van der Waals surface area contributed by atoms with Gasteiger partial charge in [-0.1, -0.05) is 26.8 Å². The number of hydrogen-bond donors (Lipinski definition) is 1. The molecule has 1 N–H and O–H groups in total. The van der Waals surface area contributed by atoms with Gasteiger partial charge in [-0.2, -0.15) is 0 Å². The van der Waals surface area contributed by atoms with Crippen molar-refractivity contribution in [2.24, 2.45) is 11.8 Å². The van der Waals surface area contributed by atoms with Gasteiger partial charge in [0.2, 0.25) is 0 Å². The van der Waals surface area contributed by atoms with Crippen LogP contribution in [0.3, 0.4) is 0 Å². The van der Waals surface area contributed by atoms with Gasteiger partial charge in [0, 0.05) is 24.8 Å². The summed E-state index contributed by atoms with van der Waals surface area (Å²) in [5, 5.41) is 3.79. The maximum Gasteiger partial charge on any atom is 0.0543 e. The van der Waals surface area contributed by atoms with Crippen molar-refractivity contribution >= 4 is 0 Å². The molecule has 0 saturated heterocycles. The van der Waals surface area contributed by atoms with E-state index < -0.39 is 0 Å². The molecule has 0 aliphatic heterocycles. The first kappa shape index (κ1) is 16.4. The van der Waals surface area contributed by atoms with Gasteiger partial charge in [-0.05, 0) is 56.8 Å². The van der Waals surface area contributed by atoms with Gasteiger partial charge in [0.05, 0.1) is 5.69 Å². The van der Waals surface area contributed by atoms with E-state index in [1.165, 1.54) is 25.0 Å². The lowest BCUT2D eigenvalue weighted by Gasteiger charge is -2.44. The predicted octanol–water partition coefficient (Wildman–Crippen LogP) is 3.32. The third-order valence-corrected chi connectivity index (χ3v) is 4.73. The first-order valence-corrected chi connectivity index (χ1v) is 8.45. The van der Waals surface area contributed by atoms with Crippen LogP contribution >= 0.6 is 0 Å². The van der Waals surface area contributed by atoms with Crippen LogP contribution < -0.4 is 5.32 Å². The van der Waals surface area contributed by atoms with E-state index in [-0.39, 0.29) is 0 Å². The third kappa shape index (κ3) is 4.52. The van der Waals surface area contributed by atoms with E-state index in [2.05, 4.69) is 55.2 Å². The Morgan fingerprint density at radius 2 is 2.10 bits per heavy atom. The zero-order chi connectivity index (χ0) is 15.2. The molecule has 118 valence electrons. The number of likely N-dealkylation sites (N-methyl/N-ethyl adjacent to an activating group) is 1. The van der Waals surface area contributed by atoms with E-state index >= 15 is 0 Å². The molecule has 1 aliphatic rings. The Bertz CT molecular complexity index is 406. The number of rotatable bonds is 6. The van der Waals surface area contributed by atoms with E-state index in [1.54, 1.807) is 0 Å². The molecule has 1 heterocycles. The monoisotopic (exact) mass is 289 g/mol. The Balaban J connectivity index is 2.05. The summed E-state index contributed by atoms with van der Waals surface area (Å²) in [7, 11) is 2.26. The second-order valence-corrected chi connectivity index (χ2v) is 6.84. The van der Waals surface area contributed by atoms with E-state index in [0.717, 1.165) is 24.9 Å². The Hall–Kier alpha value is -0.930. The topological polar surface area (TPSA) is 28.2 Å². The highest BCUT2D eigenvalue weighted by Crippen LogP contribution is 2.32. The standard InChI is InChI=1S/C18H31N3/c1-5-9-20-17-12-14(2)11-15(3)18(17)21(4)13-16-8-6-7-10-19-16/h6-8,10,14-15,17-18,20H,5,9,11-13H2,1-4H3. The van der Waals surface area contributed by atoms with Gasteiger partial charge >= 0.3 is 0 Å². The highest BCUT2D eigenvalue weighted by atomic mass is 15.2. The smallest absolute Gasteiger partial charge is 0.0543 e. The molecule has 0 amide bonds. The molecule has 3 nitrogen and oxygen atoms in total. The molecule has 2 rings (SSSR count). The van der Waals surface area contributed by atoms with Crippen LogP contribution in [0.5, 0.6) is 0 Å². The third-order valence-electron chi connectivity index (χ3n) is 4.73. The highest BCUT2D eigenvalue weighted by Gasteiger charge is 2.36. The quantitative estimate of drug-likeness (QED) is 0.871. The number of aromatic nitrogens is 1. The van der Waals surface area contributed by atoms with Crippen molar-refractivity contribution in [2.75, 3.05) is 13.6 Å². The average molecular weight is 289 g/mol. The van der Waals surface area contributed by atoms with Crippen molar-refractivity contribution in [3.8, 4) is 0 Å². The number of nitrogens with zero attached hydrogens (tertiary/aromatic N) is 2. The molecule has 4 unspecified atom stereocenters. The van der Waals surface area contributed by atoms with Crippen LogP contribution in [-0.4, -0.2) is 35.6 Å². The summed E-state index contributed by atoms with van der Waals surface area (Å²) in [5.74, 6) is 1.56. The molecule has 0 spiro atoms. The van der Waals surface area contributed by atoms with Crippen LogP contribution in [0.1, 0.15) is 45.7 Å². The molecule has 0 aromatic carbocycles. The summed E-state index contributed by atoms with van der Waals surface area (Å²) >= 11 is 0. The second-order valence-electron chi connectivity index (χ2n) is 6.84. The molecule has 1 aromatic heterocycles. The van der Waals surface area contributed by atoms with E-state index in [4.69, 9.17) is 0 Å². The molecule has 1 fully saturated rings. The molecular weight excluding hydrogens is 258 g/mol. The van der Waals surface area contributed by atoms with Crippen molar-refractivity contribution < 1.29 is 0 Å². The summed E-state index contributed by atoms with van der Waals surface area (Å²) in [6.07, 6.45) is 5.72. The van der Waals surface area contributed by atoms with Gasteiger partial charge in [-0.25, -0.2) is 0 Å². The Kier molecular flexibility index (Phi) is 6.19. The van der Waals surface area contributed by atoms with Crippen LogP contribution in [0.15, 0.2) is 24.4 Å². The first-order valence-electron chi connectivity index (χ1n) is 8.45. The molecule has 3 heteroatoms. The molecule has 1 saturated carbocycles. The van der Waals surface area contributed by atoms with Gasteiger partial charge in [0.25, 0.3) is 0 Å². The largest absolute Gasteiger partial charge is 0.312 e. The maximum atomic E-state index is 4.48. The minimum atomic E-state index is 0.606. The van der Waals surface area contributed by atoms with Crippen LogP contribution in [0, 0.1) is 11.8 Å². The lowest BCUT2D eigenvalue weighted by molar-refractivity contribution is 0.0746. The Morgan fingerprint density at radius 3 is 2.76 bits per heavy atom. The Morgan fingerprint density at radius 1 is 1.29 bits per heavy atom. The SMILES string of the molecule is CCCNC1CC(C)CC(C)C1N(C)Cc1ccccn1. The van der Waals surface area contributed by atoms with Crippen molar-refractivity contribution in [2.45, 2.75) is 58.7 Å². The molecule has 0 bridgehead atoms. The molecule has 1 aliphatic carbocycles. The minimum absolute atomic E-state index is 0.606. The van der Waals surface area contributed by atoms with Crippen molar-refractivity contribution in [3.05, 3.63) is 30.1 Å². The normalized spacial score (nSPS) is 29.8.